The molecule has 1 aliphatic rings. The van der Waals surface area contributed by atoms with Gasteiger partial charge < -0.3 is 4.74 Å². The molecule has 1 N–H and O–H groups in total. The van der Waals surface area contributed by atoms with E-state index in [0.717, 1.165) is 6.07 Å². The van der Waals surface area contributed by atoms with Gasteiger partial charge in [-0.15, -0.1) is 5.10 Å². The van der Waals surface area contributed by atoms with Crippen molar-refractivity contribution in [2.45, 2.75) is 31.9 Å². The van der Waals surface area contributed by atoms with Crippen molar-refractivity contribution in [1.29, 1.82) is 0 Å². The molecule has 1 aliphatic carbocycles. The summed E-state index contributed by atoms with van der Waals surface area (Å²) in [5.74, 6) is -0.128. The van der Waals surface area contributed by atoms with Gasteiger partial charge in [0, 0.05) is 19.7 Å². The van der Waals surface area contributed by atoms with E-state index in [2.05, 4.69) is 20.0 Å². The number of carbonyl (C=O) groups excluding carboxylic acids is 1. The zero-order chi connectivity index (χ0) is 23.8. The van der Waals surface area contributed by atoms with E-state index in [1.165, 1.54) is 27.8 Å². The molecular weight excluding hydrogens is 451 g/mol. The molecular formula is C21H23FN6O4S. The maximum absolute atomic E-state index is 13.5. The molecule has 0 unspecified atom stereocenters. The summed E-state index contributed by atoms with van der Waals surface area (Å²) in [6, 6.07) is 8.50. The van der Waals surface area contributed by atoms with Crippen LogP contribution in [0.1, 0.15) is 25.5 Å². The average molecular weight is 475 g/mol. The third-order valence-corrected chi connectivity index (χ3v) is 6.99. The fourth-order valence-electron chi connectivity index (χ4n) is 3.29. The number of halogens is 1. The van der Waals surface area contributed by atoms with Crippen molar-refractivity contribution >= 4 is 27.6 Å². The number of pyridine rings is 1. The first kappa shape index (κ1) is 22.6. The van der Waals surface area contributed by atoms with Crippen LogP contribution < -0.4 is 14.4 Å². The van der Waals surface area contributed by atoms with Crippen LogP contribution in [0.5, 0.6) is 5.75 Å². The maximum Gasteiger partial charge on any atom is 0.420 e. The Kier molecular flexibility index (Phi) is 6.02. The summed E-state index contributed by atoms with van der Waals surface area (Å²) in [4.78, 5) is 18.6. The molecule has 2 aromatic heterocycles. The van der Waals surface area contributed by atoms with Crippen LogP contribution in [0.15, 0.2) is 36.4 Å². The van der Waals surface area contributed by atoms with Crippen molar-refractivity contribution < 1.29 is 22.3 Å². The molecule has 2 heterocycles. The summed E-state index contributed by atoms with van der Waals surface area (Å²) in [7, 11) is -1.80. The molecule has 4 rings (SSSR count). The molecule has 0 atom stereocenters. The minimum absolute atomic E-state index is 0.0661. The van der Waals surface area contributed by atoms with Gasteiger partial charge in [-0.25, -0.2) is 27.3 Å². The molecule has 1 fully saturated rings. The second-order valence-corrected chi connectivity index (χ2v) is 9.59. The van der Waals surface area contributed by atoms with Crippen LogP contribution in [0.2, 0.25) is 0 Å². The lowest BCUT2D eigenvalue weighted by atomic mass is 10.2. The number of aromatic nitrogens is 4. The summed E-state index contributed by atoms with van der Waals surface area (Å²) in [5, 5.41) is 7.80. The van der Waals surface area contributed by atoms with Gasteiger partial charge in [0.1, 0.15) is 11.6 Å². The molecule has 10 nitrogen and oxygen atoms in total. The van der Waals surface area contributed by atoms with E-state index < -0.39 is 21.9 Å². The number of hydrogen-bond donors (Lipinski definition) is 1. The van der Waals surface area contributed by atoms with E-state index in [4.69, 9.17) is 4.74 Å². The molecule has 0 saturated heterocycles. The van der Waals surface area contributed by atoms with Gasteiger partial charge >= 0.3 is 6.09 Å². The zero-order valence-corrected chi connectivity index (χ0v) is 19.1. The number of sulfonamides is 1. The highest BCUT2D eigenvalue weighted by molar-refractivity contribution is 7.93. The summed E-state index contributed by atoms with van der Waals surface area (Å²) < 4.78 is 47.3. The van der Waals surface area contributed by atoms with E-state index in [-0.39, 0.29) is 17.5 Å². The van der Waals surface area contributed by atoms with Crippen LogP contribution in [0.4, 0.5) is 20.7 Å². The van der Waals surface area contributed by atoms with Crippen LogP contribution >= 0.6 is 0 Å². The molecule has 1 amide bonds. The molecule has 1 saturated carbocycles. The third-order valence-electron chi connectivity index (χ3n) is 5.13. The number of nitrogens with zero attached hydrogens (tertiary/aromatic N) is 5. The van der Waals surface area contributed by atoms with Crippen LogP contribution in [-0.2, 0) is 17.1 Å². The number of nitrogens with one attached hydrogen (secondary N) is 1. The minimum atomic E-state index is -3.42. The fraction of sp³-hybridized carbons (Fsp3) is 0.333. The Hall–Kier alpha value is -3.54. The Morgan fingerprint density at radius 3 is 2.70 bits per heavy atom. The molecule has 33 heavy (non-hydrogen) atoms. The van der Waals surface area contributed by atoms with E-state index in [0.29, 0.717) is 41.4 Å². The maximum atomic E-state index is 13.5. The van der Waals surface area contributed by atoms with Gasteiger partial charge in [0.25, 0.3) is 0 Å². The third kappa shape index (κ3) is 4.80. The molecule has 174 valence electrons. The van der Waals surface area contributed by atoms with Gasteiger partial charge in [0.2, 0.25) is 10.0 Å². The van der Waals surface area contributed by atoms with E-state index >= 15 is 0 Å². The summed E-state index contributed by atoms with van der Waals surface area (Å²) in [5.41, 5.74) is 1.56. The van der Waals surface area contributed by atoms with Crippen molar-refractivity contribution in [2.24, 2.45) is 7.05 Å². The molecule has 0 aliphatic heterocycles. The lowest BCUT2D eigenvalue weighted by molar-refractivity contribution is 0.207. The molecule has 0 spiro atoms. The quantitative estimate of drug-likeness (QED) is 0.558. The molecule has 0 radical (unpaired) electrons. The van der Waals surface area contributed by atoms with Gasteiger partial charge in [0.05, 0.1) is 22.3 Å². The first-order valence-electron chi connectivity index (χ1n) is 10.3. The Morgan fingerprint density at radius 1 is 1.30 bits per heavy atom. The minimum Gasteiger partial charge on any atom is -0.410 e. The van der Waals surface area contributed by atoms with Crippen LogP contribution in [0.3, 0.4) is 0 Å². The number of carbonyl (C=O) groups is 1. The Labute approximate surface area is 190 Å². The highest BCUT2D eigenvalue weighted by Crippen LogP contribution is 2.32. The van der Waals surface area contributed by atoms with Crippen LogP contribution in [0.25, 0.3) is 11.4 Å². The molecule has 12 heteroatoms. The van der Waals surface area contributed by atoms with Crippen molar-refractivity contribution in [2.75, 3.05) is 16.2 Å². The van der Waals surface area contributed by atoms with Crippen LogP contribution in [-0.4, -0.2) is 46.3 Å². The average Bonchev–Trinajstić information content (AvgIpc) is 3.55. The smallest absolute Gasteiger partial charge is 0.410 e. The predicted octanol–water partition coefficient (Wildman–Crippen LogP) is 3.25. The summed E-state index contributed by atoms with van der Waals surface area (Å²) >= 11 is 0. The second kappa shape index (κ2) is 8.77. The lowest BCUT2D eigenvalue weighted by Gasteiger charge is -2.21. The number of ether oxygens (including phenoxy) is 1. The number of anilines is 2. The standard InChI is InChI=1S/C21H23FN6O4S/c1-4-28(21(29)32-15-7-5-6-14(22)12-15)20-19(24-26-27(20)3)18-11-10-17(13(2)23-18)25-33(30,31)16-8-9-16/h5-7,10-12,16,25H,4,8-9H2,1-3H3. The van der Waals surface area contributed by atoms with Gasteiger partial charge in [-0.2, -0.15) is 0 Å². The van der Waals surface area contributed by atoms with Gasteiger partial charge in [0.15, 0.2) is 11.5 Å². The normalized spacial score (nSPS) is 13.6. The number of aryl methyl sites for hydroxylation is 2. The summed E-state index contributed by atoms with van der Waals surface area (Å²) in [6.07, 6.45) is 0.573. The number of amides is 1. The van der Waals surface area contributed by atoms with Crippen molar-refractivity contribution in [3.05, 3.63) is 47.9 Å². The van der Waals surface area contributed by atoms with Crippen molar-refractivity contribution in [3.8, 4) is 17.1 Å². The second-order valence-electron chi connectivity index (χ2n) is 7.63. The van der Waals surface area contributed by atoms with Crippen molar-refractivity contribution in [1.82, 2.24) is 20.0 Å². The number of rotatable bonds is 7. The molecule has 3 aromatic rings. The lowest BCUT2D eigenvalue weighted by Crippen LogP contribution is -2.35. The van der Waals surface area contributed by atoms with Crippen molar-refractivity contribution in [3.63, 3.8) is 0 Å². The van der Waals surface area contributed by atoms with Gasteiger partial charge in [-0.1, -0.05) is 11.3 Å². The fourth-order valence-corrected chi connectivity index (χ4v) is 4.73. The molecule has 0 bridgehead atoms. The zero-order valence-electron chi connectivity index (χ0n) is 18.3. The van der Waals surface area contributed by atoms with Gasteiger partial charge in [-0.3, -0.25) is 9.62 Å². The van der Waals surface area contributed by atoms with E-state index in [1.807, 2.05) is 0 Å². The first-order chi connectivity index (χ1) is 15.7. The summed E-state index contributed by atoms with van der Waals surface area (Å²) in [6.45, 7) is 3.65. The van der Waals surface area contributed by atoms with E-state index in [1.54, 1.807) is 33.0 Å². The number of benzene rings is 1. The van der Waals surface area contributed by atoms with Crippen LogP contribution in [0, 0.1) is 12.7 Å². The van der Waals surface area contributed by atoms with E-state index in [9.17, 15) is 17.6 Å². The first-order valence-corrected chi connectivity index (χ1v) is 11.9. The number of hydrogen-bond acceptors (Lipinski definition) is 7. The predicted molar refractivity (Wildman–Crippen MR) is 120 cm³/mol. The monoisotopic (exact) mass is 474 g/mol. The topological polar surface area (TPSA) is 119 Å². The highest BCUT2D eigenvalue weighted by atomic mass is 32.2. The SMILES string of the molecule is CCN(C(=O)Oc1cccc(F)c1)c1c(-c2ccc(NS(=O)(=O)C3CC3)c(C)n2)nnn1C. The molecule has 1 aromatic carbocycles. The Morgan fingerprint density at radius 2 is 2.06 bits per heavy atom. The van der Waals surface area contributed by atoms with Gasteiger partial charge in [-0.05, 0) is 51.0 Å². The Bertz CT molecular complexity index is 1310. The highest BCUT2D eigenvalue weighted by Gasteiger charge is 2.36. The Balaban J connectivity index is 1.62. The largest absolute Gasteiger partial charge is 0.420 e.